The summed E-state index contributed by atoms with van der Waals surface area (Å²) >= 11 is 0. The van der Waals surface area contributed by atoms with Crippen LogP contribution in [0, 0.1) is 0 Å². The maximum atomic E-state index is 12.2. The van der Waals surface area contributed by atoms with Crippen molar-refractivity contribution in [2.75, 3.05) is 7.05 Å². The number of nitrogens with zero attached hydrogens (tertiary/aromatic N) is 2. The maximum absolute atomic E-state index is 12.2. The van der Waals surface area contributed by atoms with E-state index in [9.17, 15) is 4.79 Å². The molecule has 0 spiro atoms. The number of H-pyrrole nitrogens is 1. The summed E-state index contributed by atoms with van der Waals surface area (Å²) in [4.78, 5) is 21.7. The third-order valence-electron chi connectivity index (χ3n) is 3.70. The molecule has 0 aliphatic heterocycles. The molecular weight excluding hydrogens is 274 g/mol. The number of rotatable bonds is 5. The highest BCUT2D eigenvalue weighted by Crippen LogP contribution is 2.12. The van der Waals surface area contributed by atoms with Crippen LogP contribution in [0.2, 0.25) is 0 Å². The number of fused-ring (bicyclic) bond motifs is 1. The van der Waals surface area contributed by atoms with Crippen molar-refractivity contribution in [2.45, 2.75) is 19.4 Å². The highest BCUT2D eigenvalue weighted by Gasteiger charge is 2.11. The molecule has 0 bridgehead atoms. The number of benzene rings is 2. The fourth-order valence-electron chi connectivity index (χ4n) is 2.49. The van der Waals surface area contributed by atoms with Gasteiger partial charge in [-0.25, -0.2) is 4.98 Å². The average Bonchev–Trinajstić information content (AvgIpc) is 2.96. The predicted molar refractivity (Wildman–Crippen MR) is 87.3 cm³/mol. The Balaban J connectivity index is 1.57. The second kappa shape index (κ2) is 6.43. The Morgan fingerprint density at radius 1 is 1.09 bits per heavy atom. The summed E-state index contributed by atoms with van der Waals surface area (Å²) < 4.78 is 0. The third-order valence-corrected chi connectivity index (χ3v) is 3.70. The summed E-state index contributed by atoms with van der Waals surface area (Å²) in [7, 11) is 1.84. The number of amides is 1. The molecule has 3 rings (SSSR count). The van der Waals surface area contributed by atoms with Gasteiger partial charge in [0.15, 0.2) is 0 Å². The van der Waals surface area contributed by atoms with Gasteiger partial charge >= 0.3 is 0 Å². The van der Waals surface area contributed by atoms with Crippen molar-refractivity contribution in [3.8, 4) is 0 Å². The van der Waals surface area contributed by atoms with E-state index >= 15 is 0 Å². The molecular formula is C18H19N3O. The molecule has 1 amide bonds. The lowest BCUT2D eigenvalue weighted by molar-refractivity contribution is -0.130. The van der Waals surface area contributed by atoms with Crippen LogP contribution in [0.4, 0.5) is 0 Å². The van der Waals surface area contributed by atoms with Crippen LogP contribution < -0.4 is 0 Å². The highest BCUT2D eigenvalue weighted by atomic mass is 16.2. The SMILES string of the molecule is CN(Cc1ccccc1)C(=O)CCc1nc2ccccc2[nH]1. The van der Waals surface area contributed by atoms with E-state index in [-0.39, 0.29) is 5.91 Å². The van der Waals surface area contributed by atoms with Crippen molar-refractivity contribution in [3.05, 3.63) is 66.0 Å². The van der Waals surface area contributed by atoms with E-state index in [0.717, 1.165) is 22.4 Å². The summed E-state index contributed by atoms with van der Waals surface area (Å²) in [6, 6.07) is 17.9. The van der Waals surface area contributed by atoms with Gasteiger partial charge in [0.05, 0.1) is 11.0 Å². The quantitative estimate of drug-likeness (QED) is 0.785. The fraction of sp³-hybridized carbons (Fsp3) is 0.222. The number of para-hydroxylation sites is 2. The number of hydrogen-bond acceptors (Lipinski definition) is 2. The van der Waals surface area contributed by atoms with Crippen molar-refractivity contribution in [1.29, 1.82) is 0 Å². The minimum Gasteiger partial charge on any atom is -0.342 e. The summed E-state index contributed by atoms with van der Waals surface area (Å²) in [5.41, 5.74) is 3.10. The van der Waals surface area contributed by atoms with Gasteiger partial charge in [-0.2, -0.15) is 0 Å². The van der Waals surface area contributed by atoms with Crippen LogP contribution in [-0.4, -0.2) is 27.8 Å². The smallest absolute Gasteiger partial charge is 0.223 e. The molecule has 1 N–H and O–H groups in total. The molecule has 0 unspecified atom stereocenters. The number of aromatic amines is 1. The van der Waals surface area contributed by atoms with Crippen molar-refractivity contribution in [2.24, 2.45) is 0 Å². The zero-order valence-corrected chi connectivity index (χ0v) is 12.6. The largest absolute Gasteiger partial charge is 0.342 e. The van der Waals surface area contributed by atoms with Crippen LogP contribution in [0.1, 0.15) is 17.8 Å². The molecule has 0 aliphatic rings. The molecule has 0 saturated carbocycles. The molecule has 1 heterocycles. The highest BCUT2D eigenvalue weighted by molar-refractivity contribution is 5.77. The number of hydrogen-bond donors (Lipinski definition) is 1. The van der Waals surface area contributed by atoms with Crippen molar-refractivity contribution in [1.82, 2.24) is 14.9 Å². The first kappa shape index (κ1) is 14.3. The molecule has 0 atom stereocenters. The Hall–Kier alpha value is -2.62. The zero-order valence-electron chi connectivity index (χ0n) is 12.6. The van der Waals surface area contributed by atoms with Crippen molar-refractivity contribution >= 4 is 16.9 Å². The van der Waals surface area contributed by atoms with Crippen LogP contribution in [0.5, 0.6) is 0 Å². The average molecular weight is 293 g/mol. The van der Waals surface area contributed by atoms with Crippen LogP contribution in [0.3, 0.4) is 0 Å². The molecule has 0 radical (unpaired) electrons. The molecule has 0 fully saturated rings. The molecule has 22 heavy (non-hydrogen) atoms. The van der Waals surface area contributed by atoms with Gasteiger partial charge in [-0.3, -0.25) is 4.79 Å². The standard InChI is InChI=1S/C18H19N3O/c1-21(13-14-7-3-2-4-8-14)18(22)12-11-17-19-15-9-5-6-10-16(15)20-17/h2-10H,11-13H2,1H3,(H,19,20). The van der Waals surface area contributed by atoms with E-state index in [4.69, 9.17) is 0 Å². The van der Waals surface area contributed by atoms with E-state index in [1.54, 1.807) is 4.90 Å². The Kier molecular flexibility index (Phi) is 4.19. The zero-order chi connectivity index (χ0) is 15.4. The summed E-state index contributed by atoms with van der Waals surface area (Å²) in [6.07, 6.45) is 1.09. The third kappa shape index (κ3) is 3.34. The number of aromatic nitrogens is 2. The summed E-state index contributed by atoms with van der Waals surface area (Å²) in [6.45, 7) is 0.639. The van der Waals surface area contributed by atoms with Crippen LogP contribution in [0.15, 0.2) is 54.6 Å². The van der Waals surface area contributed by atoms with Crippen molar-refractivity contribution < 1.29 is 4.79 Å². The van der Waals surface area contributed by atoms with E-state index in [0.29, 0.717) is 19.4 Å². The topological polar surface area (TPSA) is 49.0 Å². The fourth-order valence-corrected chi connectivity index (χ4v) is 2.49. The monoisotopic (exact) mass is 293 g/mol. The first-order valence-corrected chi connectivity index (χ1v) is 7.44. The minimum absolute atomic E-state index is 0.129. The van der Waals surface area contributed by atoms with Crippen molar-refractivity contribution in [3.63, 3.8) is 0 Å². The molecule has 4 heteroatoms. The lowest BCUT2D eigenvalue weighted by atomic mass is 10.2. The first-order chi connectivity index (χ1) is 10.7. The van der Waals surface area contributed by atoms with E-state index in [2.05, 4.69) is 9.97 Å². The maximum Gasteiger partial charge on any atom is 0.223 e. The van der Waals surface area contributed by atoms with Gasteiger partial charge in [-0.15, -0.1) is 0 Å². The Morgan fingerprint density at radius 3 is 2.59 bits per heavy atom. The normalized spacial score (nSPS) is 10.8. The van der Waals surface area contributed by atoms with Crippen LogP contribution in [-0.2, 0) is 17.8 Å². The number of carbonyl (C=O) groups is 1. The number of aryl methyl sites for hydroxylation is 1. The Labute approximate surface area is 129 Å². The first-order valence-electron chi connectivity index (χ1n) is 7.44. The Morgan fingerprint density at radius 2 is 1.82 bits per heavy atom. The van der Waals surface area contributed by atoms with Gasteiger partial charge < -0.3 is 9.88 Å². The summed E-state index contributed by atoms with van der Waals surface area (Å²) in [5.74, 6) is 0.993. The van der Waals surface area contributed by atoms with Gasteiger partial charge in [-0.1, -0.05) is 42.5 Å². The molecule has 1 aromatic heterocycles. The lowest BCUT2D eigenvalue weighted by Gasteiger charge is -2.16. The lowest BCUT2D eigenvalue weighted by Crippen LogP contribution is -2.26. The van der Waals surface area contributed by atoms with Crippen LogP contribution in [0.25, 0.3) is 11.0 Å². The van der Waals surface area contributed by atoms with Crippen LogP contribution >= 0.6 is 0 Å². The summed E-state index contributed by atoms with van der Waals surface area (Å²) in [5, 5.41) is 0. The predicted octanol–water partition coefficient (Wildman–Crippen LogP) is 3.15. The van der Waals surface area contributed by atoms with Gasteiger partial charge in [0.25, 0.3) is 0 Å². The van der Waals surface area contributed by atoms with Gasteiger partial charge in [0, 0.05) is 26.4 Å². The second-order valence-corrected chi connectivity index (χ2v) is 5.44. The van der Waals surface area contributed by atoms with E-state index in [1.165, 1.54) is 0 Å². The molecule has 112 valence electrons. The number of nitrogens with one attached hydrogen (secondary N) is 1. The van der Waals surface area contributed by atoms with E-state index < -0.39 is 0 Å². The number of carbonyl (C=O) groups excluding carboxylic acids is 1. The molecule has 4 nitrogen and oxygen atoms in total. The number of imidazole rings is 1. The molecule has 0 saturated heterocycles. The van der Waals surface area contributed by atoms with Gasteiger partial charge in [-0.05, 0) is 17.7 Å². The second-order valence-electron chi connectivity index (χ2n) is 5.44. The van der Waals surface area contributed by atoms with Gasteiger partial charge in [0.2, 0.25) is 5.91 Å². The minimum atomic E-state index is 0.129. The van der Waals surface area contributed by atoms with E-state index in [1.807, 2.05) is 61.6 Å². The molecule has 3 aromatic rings. The molecule has 0 aliphatic carbocycles. The van der Waals surface area contributed by atoms with Gasteiger partial charge in [0.1, 0.15) is 5.82 Å². The molecule has 2 aromatic carbocycles. The Bertz CT molecular complexity index is 731.